The van der Waals surface area contributed by atoms with Gasteiger partial charge in [0.15, 0.2) is 10.9 Å². The van der Waals surface area contributed by atoms with Gasteiger partial charge in [0.1, 0.15) is 5.75 Å². The molecule has 0 radical (unpaired) electrons. The number of carbonyl (C=O) groups is 1. The van der Waals surface area contributed by atoms with E-state index in [2.05, 4.69) is 0 Å². The van der Waals surface area contributed by atoms with Crippen molar-refractivity contribution in [2.24, 2.45) is 0 Å². The molecule has 4 rings (SSSR count). The molecule has 0 spiro atoms. The summed E-state index contributed by atoms with van der Waals surface area (Å²) in [6.45, 7) is 0. The number of rotatable bonds is 7. The van der Waals surface area contributed by atoms with E-state index in [9.17, 15) is 4.79 Å². The second kappa shape index (κ2) is 9.27. The number of nitrogens with zero attached hydrogens (tertiary/aromatic N) is 2. The van der Waals surface area contributed by atoms with E-state index in [4.69, 9.17) is 32.9 Å². The molecule has 2 heterocycles. The van der Waals surface area contributed by atoms with Crippen molar-refractivity contribution in [3.05, 3.63) is 81.1 Å². The van der Waals surface area contributed by atoms with E-state index in [1.165, 1.54) is 23.1 Å². The number of Topliss-reactive ketones (excluding diaryl/α,β-unsaturated/α-hetero) is 1. The van der Waals surface area contributed by atoms with Crippen LogP contribution in [-0.2, 0) is 0 Å². The van der Waals surface area contributed by atoms with Gasteiger partial charge in [-0.25, -0.2) is 4.98 Å². The van der Waals surface area contributed by atoms with Gasteiger partial charge >= 0.3 is 0 Å². The number of hydrogen-bond acceptors (Lipinski definition) is 5. The highest BCUT2D eigenvalue weighted by Crippen LogP contribution is 2.35. The largest absolute Gasteiger partial charge is 0.495 e. The predicted molar refractivity (Wildman–Crippen MR) is 125 cm³/mol. The second-order valence-corrected chi connectivity index (χ2v) is 9.00. The fraction of sp³-hybridized carbons (Fsp3) is 0.0909. The van der Waals surface area contributed by atoms with Crippen molar-refractivity contribution in [1.82, 2.24) is 9.55 Å². The summed E-state index contributed by atoms with van der Waals surface area (Å²) in [7, 11) is 1.62. The number of para-hydroxylation sites is 2. The van der Waals surface area contributed by atoms with Crippen molar-refractivity contribution in [2.45, 2.75) is 5.16 Å². The van der Waals surface area contributed by atoms with E-state index in [1.807, 2.05) is 58.6 Å². The minimum Gasteiger partial charge on any atom is -0.495 e. The van der Waals surface area contributed by atoms with Crippen molar-refractivity contribution < 1.29 is 9.53 Å². The molecule has 0 N–H and O–H groups in total. The molecular formula is C22H16Cl2N2O2S2. The fourth-order valence-corrected chi connectivity index (χ4v) is 5.06. The van der Waals surface area contributed by atoms with Crippen LogP contribution >= 0.6 is 46.3 Å². The van der Waals surface area contributed by atoms with E-state index in [0.717, 1.165) is 16.1 Å². The number of carbonyl (C=O) groups excluding carboxylic acids is 1. The third-order valence-corrected chi connectivity index (χ3v) is 6.77. The van der Waals surface area contributed by atoms with Crippen LogP contribution in [-0.4, -0.2) is 28.2 Å². The van der Waals surface area contributed by atoms with Gasteiger partial charge in [0, 0.05) is 16.8 Å². The molecule has 0 unspecified atom stereocenters. The monoisotopic (exact) mass is 474 g/mol. The summed E-state index contributed by atoms with van der Waals surface area (Å²) in [5, 5.41) is 3.64. The predicted octanol–water partition coefficient (Wildman–Crippen LogP) is 6.89. The highest BCUT2D eigenvalue weighted by atomic mass is 35.5. The summed E-state index contributed by atoms with van der Waals surface area (Å²) >= 11 is 15.3. The Labute approximate surface area is 192 Å². The lowest BCUT2D eigenvalue weighted by Crippen LogP contribution is -2.03. The molecule has 8 heteroatoms. The zero-order chi connectivity index (χ0) is 21.1. The number of thiophene rings is 1. The van der Waals surface area contributed by atoms with Crippen molar-refractivity contribution in [3.8, 4) is 22.7 Å². The lowest BCUT2D eigenvalue weighted by Gasteiger charge is -2.11. The summed E-state index contributed by atoms with van der Waals surface area (Å²) in [6.07, 6.45) is 1.89. The first-order valence-corrected chi connectivity index (χ1v) is 11.6. The number of aromatic nitrogens is 2. The van der Waals surface area contributed by atoms with Gasteiger partial charge in [-0.3, -0.25) is 9.36 Å². The molecule has 4 aromatic rings. The maximum atomic E-state index is 12.5. The van der Waals surface area contributed by atoms with Crippen LogP contribution in [0.2, 0.25) is 10.0 Å². The van der Waals surface area contributed by atoms with Crippen LogP contribution in [0.5, 0.6) is 5.75 Å². The van der Waals surface area contributed by atoms with Crippen LogP contribution in [0.4, 0.5) is 0 Å². The maximum absolute atomic E-state index is 12.5. The summed E-state index contributed by atoms with van der Waals surface area (Å²) < 4.78 is 7.45. The van der Waals surface area contributed by atoms with Crippen LogP contribution < -0.4 is 4.74 Å². The van der Waals surface area contributed by atoms with Gasteiger partial charge in [0.2, 0.25) is 0 Å². The smallest absolute Gasteiger partial charge is 0.183 e. The van der Waals surface area contributed by atoms with E-state index in [0.29, 0.717) is 26.6 Å². The molecule has 0 aliphatic heterocycles. The summed E-state index contributed by atoms with van der Waals surface area (Å²) in [6, 6.07) is 16.7. The van der Waals surface area contributed by atoms with Gasteiger partial charge < -0.3 is 4.74 Å². The first kappa shape index (κ1) is 21.0. The normalized spacial score (nSPS) is 10.9. The Balaban J connectivity index is 1.74. The molecular weight excluding hydrogens is 459 g/mol. The van der Waals surface area contributed by atoms with Crippen LogP contribution in [0.25, 0.3) is 16.9 Å². The molecule has 30 heavy (non-hydrogen) atoms. The van der Waals surface area contributed by atoms with E-state index in [-0.39, 0.29) is 11.5 Å². The van der Waals surface area contributed by atoms with Gasteiger partial charge in [-0.05, 0) is 41.8 Å². The van der Waals surface area contributed by atoms with Crippen molar-refractivity contribution in [3.63, 3.8) is 0 Å². The molecule has 4 nitrogen and oxygen atoms in total. The number of hydrogen-bond donors (Lipinski definition) is 0. The first-order valence-electron chi connectivity index (χ1n) is 8.94. The SMILES string of the molecule is COc1ccccc1-n1cc(-c2ccc(Cl)cc2Cl)nc1SCC(=O)c1cccs1. The average molecular weight is 475 g/mol. The number of thioether (sulfide) groups is 1. The highest BCUT2D eigenvalue weighted by molar-refractivity contribution is 7.99. The molecule has 0 atom stereocenters. The van der Waals surface area contributed by atoms with Gasteiger partial charge in [-0.2, -0.15) is 0 Å². The van der Waals surface area contributed by atoms with Gasteiger partial charge in [-0.15, -0.1) is 11.3 Å². The Morgan fingerprint density at radius 3 is 2.73 bits per heavy atom. The standard InChI is InChI=1S/C22H16Cl2N2O2S2/c1-28-20-6-3-2-5-18(20)26-12-17(15-9-8-14(23)11-16(15)24)25-22(26)30-13-19(27)21-7-4-10-29-21/h2-12H,13H2,1H3. The Morgan fingerprint density at radius 2 is 2.00 bits per heavy atom. The van der Waals surface area contributed by atoms with E-state index < -0.39 is 0 Å². The minimum atomic E-state index is 0.0654. The Morgan fingerprint density at radius 1 is 1.17 bits per heavy atom. The third kappa shape index (κ3) is 4.42. The zero-order valence-electron chi connectivity index (χ0n) is 15.8. The molecule has 0 amide bonds. The van der Waals surface area contributed by atoms with Gasteiger partial charge in [0.05, 0.1) is 34.1 Å². The van der Waals surface area contributed by atoms with Crippen molar-refractivity contribution >= 4 is 52.1 Å². The van der Waals surface area contributed by atoms with Crippen LogP contribution in [0.1, 0.15) is 9.67 Å². The Bertz CT molecular complexity index is 1190. The zero-order valence-corrected chi connectivity index (χ0v) is 19.0. The van der Waals surface area contributed by atoms with Crippen LogP contribution in [0.3, 0.4) is 0 Å². The molecule has 0 aliphatic rings. The first-order chi connectivity index (χ1) is 14.6. The number of ether oxygens (including phenoxy) is 1. The Kier molecular flexibility index (Phi) is 6.49. The maximum Gasteiger partial charge on any atom is 0.183 e. The molecule has 0 saturated heterocycles. The van der Waals surface area contributed by atoms with Crippen LogP contribution in [0, 0.1) is 0 Å². The van der Waals surface area contributed by atoms with E-state index in [1.54, 1.807) is 19.2 Å². The molecule has 0 bridgehead atoms. The number of imidazole rings is 1. The average Bonchev–Trinajstić information content (AvgIpc) is 3.42. The molecule has 2 aromatic carbocycles. The fourth-order valence-electron chi connectivity index (χ4n) is 2.93. The van der Waals surface area contributed by atoms with Crippen molar-refractivity contribution in [1.29, 1.82) is 0 Å². The minimum absolute atomic E-state index is 0.0654. The summed E-state index contributed by atoms with van der Waals surface area (Å²) in [5.74, 6) is 1.05. The van der Waals surface area contributed by atoms with E-state index >= 15 is 0 Å². The topological polar surface area (TPSA) is 44.1 Å². The molecule has 0 aliphatic carbocycles. The molecule has 0 fully saturated rings. The highest BCUT2D eigenvalue weighted by Gasteiger charge is 2.18. The summed E-state index contributed by atoms with van der Waals surface area (Å²) in [4.78, 5) is 18.0. The second-order valence-electron chi connectivity index (χ2n) is 6.26. The molecule has 152 valence electrons. The lowest BCUT2D eigenvalue weighted by atomic mass is 10.2. The summed E-state index contributed by atoms with van der Waals surface area (Å²) in [5.41, 5.74) is 2.28. The van der Waals surface area contributed by atoms with Crippen molar-refractivity contribution in [2.75, 3.05) is 12.9 Å². The lowest BCUT2D eigenvalue weighted by molar-refractivity contribution is 0.102. The number of ketones is 1. The van der Waals surface area contributed by atoms with Crippen LogP contribution in [0.15, 0.2) is 71.3 Å². The van der Waals surface area contributed by atoms with Gasteiger partial charge in [-0.1, -0.05) is 53.2 Å². The van der Waals surface area contributed by atoms with Gasteiger partial charge in [0.25, 0.3) is 0 Å². The number of methoxy groups -OCH3 is 1. The number of benzene rings is 2. The third-order valence-electron chi connectivity index (χ3n) is 4.35. The quantitative estimate of drug-likeness (QED) is 0.216. The molecule has 0 saturated carbocycles. The molecule has 2 aromatic heterocycles. The number of halogens is 2. The Hall–Kier alpha value is -2.25.